The molecule has 0 saturated heterocycles. The van der Waals surface area contributed by atoms with Crippen LogP contribution in [0.25, 0.3) is 0 Å². The largest absolute Gasteiger partial charge is 0.490 e. The molecule has 0 aromatic carbocycles. The third-order valence-electron chi connectivity index (χ3n) is 10.6. The second-order valence-corrected chi connectivity index (χ2v) is 19.2. The standard InChI is InChI=1S/C42H76N12O16.C2HF3O2/c1-11-20(6)27(36(64)52-28(21(7)56)35(63)48-16-25(57)54(24(17-55)39(67)68)38(66)26(43)31(59)32(44)60)51-33(61)22(13-12-14-47-40(45)46)49-34(62)23(15-18(2)3)50-37(65)29(30(58)19(4)5)53-41(69)70-42(8,9)10;3-2(4,5)1(6)7/h18-24,26-31,55-56,58-59H,11-17,43H2,1-10H3,(H2,44,60)(H,48,63)(H,49,62)(H,50,65)(H,51,61)(H,52,64)(H,53,69)(H,67,68)(H4,45,46,47);(H,6,7)/t20?,21-,22+,23-,24-,26-,27-,28-,29-,30+,31-;/m0./s1. The van der Waals surface area contributed by atoms with E-state index in [1.54, 1.807) is 62.3 Å². The number of primary amides is 1. The van der Waals surface area contributed by atoms with Crippen molar-refractivity contribution in [1.82, 2.24) is 36.8 Å². The molecule has 20 N–H and O–H groups in total. The fourth-order valence-electron chi connectivity index (χ4n) is 6.29. The number of aliphatic imine (C=N–C) groups is 1. The monoisotopic (exact) mass is 1120 g/mol. The second-order valence-electron chi connectivity index (χ2n) is 19.2. The molecule has 11 atom stereocenters. The molecular weight excluding hydrogens is 1040 g/mol. The number of aliphatic hydroxyl groups is 4. The van der Waals surface area contributed by atoms with Crippen molar-refractivity contribution >= 4 is 71.2 Å². The van der Waals surface area contributed by atoms with Gasteiger partial charge in [-0.2, -0.15) is 13.2 Å². The van der Waals surface area contributed by atoms with E-state index in [1.807, 2.05) is 5.32 Å². The number of amides is 9. The Morgan fingerprint density at radius 3 is 1.62 bits per heavy atom. The summed E-state index contributed by atoms with van der Waals surface area (Å²) >= 11 is 0. The number of alkyl halides is 3. The van der Waals surface area contributed by atoms with Crippen LogP contribution in [0.4, 0.5) is 18.0 Å². The summed E-state index contributed by atoms with van der Waals surface area (Å²) in [6.45, 7) is 13.2. The first-order valence-corrected chi connectivity index (χ1v) is 23.8. The Kier molecular flexibility index (Phi) is 31.1. The van der Waals surface area contributed by atoms with Gasteiger partial charge in [0.1, 0.15) is 41.9 Å². The average molecular weight is 1120 g/mol. The Bertz CT molecular complexity index is 2070. The van der Waals surface area contributed by atoms with Crippen LogP contribution in [0, 0.1) is 17.8 Å². The number of carbonyl (C=O) groups is 11. The molecule has 0 rings (SSSR count). The first-order chi connectivity index (χ1) is 35.2. The second kappa shape index (κ2) is 33.2. The zero-order chi connectivity index (χ0) is 60.6. The van der Waals surface area contributed by atoms with E-state index in [-0.39, 0.29) is 49.0 Å². The highest BCUT2D eigenvalue weighted by Crippen LogP contribution is 2.16. The molecule has 0 aliphatic heterocycles. The van der Waals surface area contributed by atoms with Gasteiger partial charge in [0.25, 0.3) is 0 Å². The number of carboxylic acids is 2. The number of guanidine groups is 1. The molecule has 0 aromatic heterocycles. The van der Waals surface area contributed by atoms with Crippen LogP contribution in [0.1, 0.15) is 94.9 Å². The topological polar surface area (TPSA) is 510 Å². The van der Waals surface area contributed by atoms with E-state index in [4.69, 9.17) is 37.6 Å². The minimum Gasteiger partial charge on any atom is -0.480 e. The number of carbonyl (C=O) groups excluding carboxylic acids is 9. The fraction of sp³-hybridized carbons (Fsp3) is 0.727. The SMILES string of the molecule is CCC(C)[C@H](NC(=O)[C@@H](CCCN=C(N)N)NC(=O)[C@H](CC(C)C)NC(=O)[C@@H](NC(=O)OC(C)(C)C)[C@H](O)C(C)C)C(=O)N[C@H](C(=O)NCC(=O)N(C(=O)[C@@H](N)[C@H](O)C(N)=O)[C@@H](CO)C(=O)O)[C@H](C)O.O=C(O)C(F)(F)F. The number of nitrogens with zero attached hydrogens (tertiary/aromatic N) is 2. The van der Waals surface area contributed by atoms with E-state index in [9.17, 15) is 86.6 Å². The minimum atomic E-state index is -5.08. The van der Waals surface area contributed by atoms with Crippen LogP contribution in [0.15, 0.2) is 4.99 Å². The summed E-state index contributed by atoms with van der Waals surface area (Å²) in [7, 11) is 0. The predicted octanol–water partition coefficient (Wildman–Crippen LogP) is -4.91. The van der Waals surface area contributed by atoms with Crippen molar-refractivity contribution in [2.45, 2.75) is 167 Å². The number of aliphatic hydroxyl groups excluding tert-OH is 4. The molecule has 30 nitrogen and oxygen atoms in total. The highest BCUT2D eigenvalue weighted by atomic mass is 19.4. The maximum atomic E-state index is 14.1. The van der Waals surface area contributed by atoms with Crippen LogP contribution >= 0.6 is 0 Å². The number of imide groups is 1. The van der Waals surface area contributed by atoms with Gasteiger partial charge in [0, 0.05) is 6.54 Å². The molecule has 0 heterocycles. The molecule has 77 heavy (non-hydrogen) atoms. The molecule has 33 heteroatoms. The highest BCUT2D eigenvalue weighted by molar-refractivity contribution is 6.05. The van der Waals surface area contributed by atoms with E-state index >= 15 is 0 Å². The summed E-state index contributed by atoms with van der Waals surface area (Å²) in [6.07, 6.45) is -11.5. The molecule has 442 valence electrons. The average Bonchev–Trinajstić information content (AvgIpc) is 3.30. The molecule has 1 unspecified atom stereocenters. The van der Waals surface area contributed by atoms with Gasteiger partial charge in [-0.15, -0.1) is 0 Å². The smallest absolute Gasteiger partial charge is 0.480 e. The van der Waals surface area contributed by atoms with Crippen molar-refractivity contribution in [2.24, 2.45) is 45.7 Å². The van der Waals surface area contributed by atoms with Gasteiger partial charge in [-0.3, -0.25) is 48.2 Å². The lowest BCUT2D eigenvalue weighted by molar-refractivity contribution is -0.192. The van der Waals surface area contributed by atoms with Crippen LogP contribution < -0.4 is 54.8 Å². The lowest BCUT2D eigenvalue weighted by atomic mass is 9.96. The maximum Gasteiger partial charge on any atom is 0.490 e. The molecule has 0 fully saturated rings. The summed E-state index contributed by atoms with van der Waals surface area (Å²) < 4.78 is 37.0. The number of hydrogen-bond acceptors (Lipinski definition) is 18. The zero-order valence-corrected chi connectivity index (χ0v) is 44.4. The van der Waals surface area contributed by atoms with E-state index in [0.29, 0.717) is 0 Å². The van der Waals surface area contributed by atoms with E-state index in [0.717, 1.165) is 6.92 Å². The van der Waals surface area contributed by atoms with Crippen molar-refractivity contribution in [1.29, 1.82) is 0 Å². The third-order valence-corrected chi connectivity index (χ3v) is 10.6. The molecule has 0 spiro atoms. The van der Waals surface area contributed by atoms with Crippen molar-refractivity contribution in [3.8, 4) is 0 Å². The van der Waals surface area contributed by atoms with Gasteiger partial charge in [0.05, 0.1) is 25.4 Å². The zero-order valence-electron chi connectivity index (χ0n) is 44.4. The molecule has 0 aromatic rings. The number of alkyl carbamates (subject to hydrolysis) is 1. The van der Waals surface area contributed by atoms with Crippen LogP contribution in [0.2, 0.25) is 0 Å². The number of hydrogen-bond donors (Lipinski definition) is 16. The lowest BCUT2D eigenvalue weighted by Gasteiger charge is -2.31. The Morgan fingerprint density at radius 1 is 0.714 bits per heavy atom. The number of nitrogens with one attached hydrogen (secondary N) is 6. The first-order valence-electron chi connectivity index (χ1n) is 23.8. The van der Waals surface area contributed by atoms with E-state index in [2.05, 4.69) is 31.6 Å². The van der Waals surface area contributed by atoms with Gasteiger partial charge in [0.2, 0.25) is 47.3 Å². The number of ether oxygens (including phenoxy) is 1. The van der Waals surface area contributed by atoms with Gasteiger partial charge < -0.3 is 90.2 Å². The lowest BCUT2D eigenvalue weighted by Crippen LogP contribution is -2.63. The van der Waals surface area contributed by atoms with Gasteiger partial charge in [-0.05, 0) is 64.7 Å². The quantitative estimate of drug-likeness (QED) is 0.0190. The molecule has 0 saturated carbocycles. The number of halogens is 3. The van der Waals surface area contributed by atoms with Gasteiger partial charge in [-0.25, -0.2) is 14.4 Å². The Balaban J connectivity index is 0. The Morgan fingerprint density at radius 2 is 1.21 bits per heavy atom. The number of carboxylic acid groups (broad SMARTS) is 2. The van der Waals surface area contributed by atoms with Crippen LogP contribution in [-0.4, -0.2) is 199 Å². The fourth-order valence-corrected chi connectivity index (χ4v) is 6.29. The van der Waals surface area contributed by atoms with Gasteiger partial charge in [0.15, 0.2) is 18.1 Å². The molecule has 0 aliphatic rings. The molecule has 0 aliphatic carbocycles. The Labute approximate surface area is 441 Å². The number of rotatable bonds is 29. The Hall–Kier alpha value is -6.97. The van der Waals surface area contributed by atoms with E-state index < -0.39 is 163 Å². The van der Waals surface area contributed by atoms with Crippen molar-refractivity contribution < 1.29 is 101 Å². The summed E-state index contributed by atoms with van der Waals surface area (Å²) in [5.74, 6) is -16.2. The van der Waals surface area contributed by atoms with Crippen molar-refractivity contribution in [2.75, 3.05) is 19.7 Å². The highest BCUT2D eigenvalue weighted by Gasteiger charge is 2.42. The normalized spacial score (nSPS) is 15.7. The summed E-state index contributed by atoms with van der Waals surface area (Å²) in [5.41, 5.74) is 20.5. The number of aliphatic carboxylic acids is 2. The molecule has 0 radical (unpaired) electrons. The van der Waals surface area contributed by atoms with Gasteiger partial charge in [-0.1, -0.05) is 48.0 Å². The van der Waals surface area contributed by atoms with Crippen molar-refractivity contribution in [3.63, 3.8) is 0 Å². The predicted molar refractivity (Wildman–Crippen MR) is 262 cm³/mol. The summed E-state index contributed by atoms with van der Waals surface area (Å²) in [5, 5.41) is 72.1. The maximum absolute atomic E-state index is 14.1. The summed E-state index contributed by atoms with van der Waals surface area (Å²) in [4.78, 5) is 144. The third kappa shape index (κ3) is 26.6. The van der Waals surface area contributed by atoms with Crippen molar-refractivity contribution in [3.05, 3.63) is 0 Å². The minimum absolute atomic E-state index is 0.00497. The number of nitrogens with two attached hydrogens (primary N) is 4. The molecular formula is C44H77F3N12O18. The van der Waals surface area contributed by atoms with E-state index in [1.165, 1.54) is 0 Å². The molecule has 0 bridgehead atoms. The molecule has 9 amide bonds. The van der Waals surface area contributed by atoms with Crippen LogP contribution in [-0.2, 0) is 52.7 Å². The van der Waals surface area contributed by atoms with Gasteiger partial charge >= 0.3 is 24.2 Å². The summed E-state index contributed by atoms with van der Waals surface area (Å²) in [6, 6.07) is -12.4. The van der Waals surface area contributed by atoms with Crippen LogP contribution in [0.5, 0.6) is 0 Å². The van der Waals surface area contributed by atoms with Crippen LogP contribution in [0.3, 0.4) is 0 Å². The first kappa shape index (κ1) is 72.1.